The molecule has 0 saturated carbocycles. The number of hydrogen-bond acceptors (Lipinski definition) is 5. The third kappa shape index (κ3) is 3.55. The Morgan fingerprint density at radius 2 is 2.21 bits per heavy atom. The van der Waals surface area contributed by atoms with Crippen LogP contribution in [0.25, 0.3) is 6.08 Å². The largest absolute Gasteiger partial charge is 0.481 e. The van der Waals surface area contributed by atoms with Gasteiger partial charge in [0.15, 0.2) is 6.61 Å². The molecule has 1 heterocycles. The maximum Gasteiger partial charge on any atom is 0.341 e. The van der Waals surface area contributed by atoms with Gasteiger partial charge in [0.25, 0.3) is 5.91 Å². The number of hydrogen-bond donors (Lipinski definition) is 2. The van der Waals surface area contributed by atoms with Gasteiger partial charge < -0.3 is 15.2 Å². The Kier molecular flexibility index (Phi) is 4.18. The first kappa shape index (κ1) is 13.6. The second-order valence-corrected chi connectivity index (χ2v) is 5.29. The molecule has 2 N–H and O–H groups in total. The Bertz CT molecular complexity index is 583. The van der Waals surface area contributed by atoms with Crippen molar-refractivity contribution in [3.8, 4) is 5.75 Å². The Morgan fingerprint density at radius 3 is 2.84 bits per heavy atom. The predicted molar refractivity (Wildman–Crippen MR) is 75.9 cm³/mol. The number of benzene rings is 1. The van der Waals surface area contributed by atoms with E-state index in [0.29, 0.717) is 20.5 Å². The number of thiocarbonyl (C=S) groups is 1. The molecule has 0 bridgehead atoms. The van der Waals surface area contributed by atoms with Crippen LogP contribution >= 0.6 is 24.0 Å². The number of carbonyl (C=O) groups excluding carboxylic acids is 1. The number of para-hydroxylation sites is 1. The molecule has 7 heteroatoms. The summed E-state index contributed by atoms with van der Waals surface area (Å²) in [7, 11) is 0. The van der Waals surface area contributed by atoms with Crippen LogP contribution in [0.4, 0.5) is 0 Å². The van der Waals surface area contributed by atoms with E-state index in [1.54, 1.807) is 30.3 Å². The summed E-state index contributed by atoms with van der Waals surface area (Å²) >= 11 is 6.05. The average molecular weight is 295 g/mol. The molecule has 1 saturated heterocycles. The SMILES string of the molecule is O=C(O)COc1ccccc1/C=C1\SC(=S)NC1=O. The average Bonchev–Trinajstić information content (AvgIpc) is 2.67. The van der Waals surface area contributed by atoms with E-state index < -0.39 is 12.6 Å². The van der Waals surface area contributed by atoms with Gasteiger partial charge in [-0.05, 0) is 12.1 Å². The van der Waals surface area contributed by atoms with Gasteiger partial charge in [0.2, 0.25) is 0 Å². The molecule has 0 aromatic heterocycles. The van der Waals surface area contributed by atoms with E-state index in [1.807, 2.05) is 0 Å². The lowest BCUT2D eigenvalue weighted by atomic mass is 10.2. The Labute approximate surface area is 118 Å². The van der Waals surface area contributed by atoms with E-state index in [9.17, 15) is 9.59 Å². The first-order chi connectivity index (χ1) is 9.06. The van der Waals surface area contributed by atoms with Crippen LogP contribution in [0.2, 0.25) is 0 Å². The number of aliphatic carboxylic acids is 1. The van der Waals surface area contributed by atoms with Gasteiger partial charge in [-0.25, -0.2) is 4.79 Å². The molecule has 1 aliphatic heterocycles. The molecule has 0 spiro atoms. The highest BCUT2D eigenvalue weighted by Crippen LogP contribution is 2.29. The van der Waals surface area contributed by atoms with Gasteiger partial charge in [0.05, 0.1) is 4.91 Å². The molecule has 1 fully saturated rings. The minimum absolute atomic E-state index is 0.261. The van der Waals surface area contributed by atoms with Crippen molar-refractivity contribution in [3.63, 3.8) is 0 Å². The van der Waals surface area contributed by atoms with Crippen LogP contribution in [0, 0.1) is 0 Å². The summed E-state index contributed by atoms with van der Waals surface area (Å²) in [4.78, 5) is 22.5. The van der Waals surface area contributed by atoms with E-state index in [2.05, 4.69) is 5.32 Å². The molecular weight excluding hydrogens is 286 g/mol. The highest BCUT2D eigenvalue weighted by Gasteiger charge is 2.22. The second-order valence-electron chi connectivity index (χ2n) is 3.57. The first-order valence-corrected chi connectivity index (χ1v) is 6.47. The van der Waals surface area contributed by atoms with Gasteiger partial charge >= 0.3 is 5.97 Å². The minimum atomic E-state index is -1.06. The number of carboxylic acid groups (broad SMARTS) is 1. The molecule has 0 aliphatic carbocycles. The first-order valence-electron chi connectivity index (χ1n) is 5.25. The third-order valence-electron chi connectivity index (χ3n) is 2.20. The van der Waals surface area contributed by atoms with E-state index >= 15 is 0 Å². The highest BCUT2D eigenvalue weighted by molar-refractivity contribution is 8.26. The van der Waals surface area contributed by atoms with Crippen LogP contribution in [0.15, 0.2) is 29.2 Å². The smallest absolute Gasteiger partial charge is 0.341 e. The summed E-state index contributed by atoms with van der Waals surface area (Å²) in [5.41, 5.74) is 0.631. The zero-order valence-electron chi connectivity index (χ0n) is 9.58. The maximum atomic E-state index is 11.5. The molecule has 1 aromatic rings. The lowest BCUT2D eigenvalue weighted by Crippen LogP contribution is -2.17. The fourth-order valence-corrected chi connectivity index (χ4v) is 2.47. The summed E-state index contributed by atoms with van der Waals surface area (Å²) in [5, 5.41) is 11.1. The van der Waals surface area contributed by atoms with Crippen LogP contribution in [0.1, 0.15) is 5.56 Å². The summed E-state index contributed by atoms with van der Waals surface area (Å²) in [6.45, 7) is -0.433. The number of rotatable bonds is 4. The van der Waals surface area contributed by atoms with Crippen molar-refractivity contribution in [3.05, 3.63) is 34.7 Å². The highest BCUT2D eigenvalue weighted by atomic mass is 32.2. The van der Waals surface area contributed by atoms with Crippen molar-refractivity contribution < 1.29 is 19.4 Å². The van der Waals surface area contributed by atoms with Gasteiger partial charge in [-0.3, -0.25) is 4.79 Å². The maximum absolute atomic E-state index is 11.5. The summed E-state index contributed by atoms with van der Waals surface area (Å²) < 4.78 is 5.56. The van der Waals surface area contributed by atoms with Gasteiger partial charge in [-0.15, -0.1) is 0 Å². The normalized spacial score (nSPS) is 16.5. The molecule has 2 rings (SSSR count). The Hall–Kier alpha value is -1.86. The zero-order chi connectivity index (χ0) is 13.8. The zero-order valence-corrected chi connectivity index (χ0v) is 11.2. The number of carboxylic acids is 1. The fraction of sp³-hybridized carbons (Fsp3) is 0.0833. The van der Waals surface area contributed by atoms with E-state index in [1.165, 1.54) is 0 Å². The van der Waals surface area contributed by atoms with Gasteiger partial charge in [0, 0.05) is 5.56 Å². The molecule has 1 amide bonds. The van der Waals surface area contributed by atoms with Crippen LogP contribution in [0.3, 0.4) is 0 Å². The molecule has 98 valence electrons. The monoisotopic (exact) mass is 295 g/mol. The van der Waals surface area contributed by atoms with Gasteiger partial charge in [-0.2, -0.15) is 0 Å². The Morgan fingerprint density at radius 1 is 1.47 bits per heavy atom. The van der Waals surface area contributed by atoms with Gasteiger partial charge in [0.1, 0.15) is 10.1 Å². The van der Waals surface area contributed by atoms with Crippen LogP contribution < -0.4 is 10.1 Å². The molecule has 0 radical (unpaired) electrons. The molecule has 19 heavy (non-hydrogen) atoms. The van der Waals surface area contributed by atoms with E-state index in [-0.39, 0.29) is 5.91 Å². The van der Waals surface area contributed by atoms with Crippen molar-refractivity contribution in [1.82, 2.24) is 5.32 Å². The van der Waals surface area contributed by atoms with E-state index in [0.717, 1.165) is 11.8 Å². The second kappa shape index (κ2) is 5.85. The Balaban J connectivity index is 2.25. The van der Waals surface area contributed by atoms with Crippen LogP contribution in [0.5, 0.6) is 5.75 Å². The minimum Gasteiger partial charge on any atom is -0.481 e. The summed E-state index contributed by atoms with van der Waals surface area (Å²) in [6.07, 6.45) is 1.62. The third-order valence-corrected chi connectivity index (χ3v) is 3.36. The lowest BCUT2D eigenvalue weighted by Gasteiger charge is -2.06. The number of ether oxygens (including phenoxy) is 1. The van der Waals surface area contributed by atoms with E-state index in [4.69, 9.17) is 22.1 Å². The predicted octanol–water partition coefficient (Wildman–Crippen LogP) is 1.64. The lowest BCUT2D eigenvalue weighted by molar-refractivity contribution is -0.139. The topological polar surface area (TPSA) is 75.6 Å². The van der Waals surface area contributed by atoms with Crippen LogP contribution in [-0.4, -0.2) is 27.9 Å². The van der Waals surface area contributed by atoms with Crippen molar-refractivity contribution in [2.24, 2.45) is 0 Å². The van der Waals surface area contributed by atoms with Gasteiger partial charge in [-0.1, -0.05) is 42.2 Å². The molecule has 1 aromatic carbocycles. The molecule has 1 aliphatic rings. The van der Waals surface area contributed by atoms with Crippen LogP contribution in [-0.2, 0) is 9.59 Å². The van der Waals surface area contributed by atoms with Crippen molar-refractivity contribution in [2.45, 2.75) is 0 Å². The van der Waals surface area contributed by atoms with Crippen molar-refractivity contribution in [1.29, 1.82) is 0 Å². The number of nitrogens with one attached hydrogen (secondary N) is 1. The molecule has 0 atom stereocenters. The summed E-state index contributed by atoms with van der Waals surface area (Å²) in [5.74, 6) is -0.914. The molecule has 5 nitrogen and oxygen atoms in total. The fourth-order valence-electron chi connectivity index (χ4n) is 1.43. The molecular formula is C12H9NO4S2. The van der Waals surface area contributed by atoms with Crippen molar-refractivity contribution in [2.75, 3.05) is 6.61 Å². The quantitative estimate of drug-likeness (QED) is 0.649. The number of carbonyl (C=O) groups is 2. The summed E-state index contributed by atoms with van der Waals surface area (Å²) in [6, 6.07) is 6.88. The molecule has 0 unspecified atom stereocenters. The van der Waals surface area contributed by atoms with Crippen molar-refractivity contribution >= 4 is 46.3 Å². The standard InChI is InChI=1S/C12H9NO4S2/c14-10(15)6-17-8-4-2-1-3-7(8)5-9-11(16)13-12(18)19-9/h1-5H,6H2,(H,14,15)(H,13,16,18)/b9-5-. The number of amides is 1. The number of thioether (sulfide) groups is 1.